The molecule has 1 fully saturated rings. The lowest BCUT2D eigenvalue weighted by Crippen LogP contribution is -2.40. The van der Waals surface area contributed by atoms with Gasteiger partial charge in [-0.05, 0) is 60.4 Å². The first-order valence-electron chi connectivity index (χ1n) is 11.7. The summed E-state index contributed by atoms with van der Waals surface area (Å²) in [6, 6.07) is 16.5. The molecule has 9 heteroatoms. The van der Waals surface area contributed by atoms with Crippen molar-refractivity contribution in [1.29, 1.82) is 0 Å². The van der Waals surface area contributed by atoms with E-state index < -0.39 is 0 Å². The molecule has 0 bridgehead atoms. The van der Waals surface area contributed by atoms with Crippen LogP contribution in [0.15, 0.2) is 73.4 Å². The Morgan fingerprint density at radius 2 is 1.77 bits per heavy atom. The van der Waals surface area contributed by atoms with E-state index in [0.717, 1.165) is 59.8 Å². The molecular formula is C26H25N9. The Balaban J connectivity index is 1.30. The number of nitrogens with zero attached hydrogens (tertiary/aromatic N) is 6. The van der Waals surface area contributed by atoms with Crippen LogP contribution in [0.3, 0.4) is 0 Å². The standard InChI is InChI=1S/C26H25N9/c27-20-8-12-35(13-9-20)22-5-4-19(15-29-22)23-24-25(31-16-30-24)34-26(33-23)32-21-3-1-2-18(14-21)17-6-10-28-11-7-17/h1-7,10-11,14-16,20H,8-9,12-13,27H2,(H2,30,31,32,33,34). The molecule has 35 heavy (non-hydrogen) atoms. The number of piperidine rings is 1. The molecule has 1 aromatic carbocycles. The van der Waals surface area contributed by atoms with Gasteiger partial charge in [0, 0.05) is 49.0 Å². The zero-order valence-electron chi connectivity index (χ0n) is 19.1. The number of aromatic nitrogens is 6. The first-order valence-corrected chi connectivity index (χ1v) is 11.7. The first-order chi connectivity index (χ1) is 17.2. The van der Waals surface area contributed by atoms with Gasteiger partial charge in [-0.15, -0.1) is 0 Å². The highest BCUT2D eigenvalue weighted by atomic mass is 15.2. The van der Waals surface area contributed by atoms with Crippen LogP contribution in [0.1, 0.15) is 12.8 Å². The number of nitrogens with one attached hydrogen (secondary N) is 2. The second kappa shape index (κ2) is 9.11. The molecule has 1 aliphatic heterocycles. The van der Waals surface area contributed by atoms with Crippen LogP contribution in [0.25, 0.3) is 33.5 Å². The van der Waals surface area contributed by atoms with Crippen molar-refractivity contribution in [3.05, 3.63) is 73.4 Å². The highest BCUT2D eigenvalue weighted by Crippen LogP contribution is 2.29. The van der Waals surface area contributed by atoms with Crippen LogP contribution in [-0.2, 0) is 0 Å². The van der Waals surface area contributed by atoms with Gasteiger partial charge in [-0.2, -0.15) is 4.98 Å². The fourth-order valence-electron chi connectivity index (χ4n) is 4.38. The van der Waals surface area contributed by atoms with E-state index in [4.69, 9.17) is 15.7 Å². The Bertz CT molecular complexity index is 1440. The number of hydrogen-bond acceptors (Lipinski definition) is 8. The number of hydrogen-bond donors (Lipinski definition) is 3. The van der Waals surface area contributed by atoms with Crippen molar-refractivity contribution in [2.75, 3.05) is 23.3 Å². The molecule has 0 saturated carbocycles. The average molecular weight is 464 g/mol. The molecule has 4 N–H and O–H groups in total. The Kier molecular flexibility index (Phi) is 5.51. The molecule has 9 nitrogen and oxygen atoms in total. The molecule has 0 radical (unpaired) electrons. The largest absolute Gasteiger partial charge is 0.357 e. The summed E-state index contributed by atoms with van der Waals surface area (Å²) >= 11 is 0. The molecule has 1 aliphatic rings. The zero-order valence-corrected chi connectivity index (χ0v) is 19.1. The maximum atomic E-state index is 6.05. The van der Waals surface area contributed by atoms with E-state index in [-0.39, 0.29) is 6.04 Å². The second-order valence-electron chi connectivity index (χ2n) is 8.67. The van der Waals surface area contributed by atoms with Gasteiger partial charge in [0.2, 0.25) is 5.95 Å². The third-order valence-electron chi connectivity index (χ3n) is 6.30. The number of anilines is 3. The van der Waals surface area contributed by atoms with E-state index in [0.29, 0.717) is 17.1 Å². The van der Waals surface area contributed by atoms with Crippen LogP contribution in [-0.4, -0.2) is 49.0 Å². The van der Waals surface area contributed by atoms with Gasteiger partial charge >= 0.3 is 0 Å². The van der Waals surface area contributed by atoms with Crippen LogP contribution < -0.4 is 16.0 Å². The summed E-state index contributed by atoms with van der Waals surface area (Å²) in [6.07, 6.45) is 9.04. The minimum Gasteiger partial charge on any atom is -0.357 e. The van der Waals surface area contributed by atoms with E-state index in [1.54, 1.807) is 18.7 Å². The number of aromatic amines is 1. The maximum absolute atomic E-state index is 6.05. The molecule has 174 valence electrons. The predicted molar refractivity (Wildman–Crippen MR) is 137 cm³/mol. The van der Waals surface area contributed by atoms with Crippen LogP contribution in [0.5, 0.6) is 0 Å². The number of pyridine rings is 2. The summed E-state index contributed by atoms with van der Waals surface area (Å²) in [5.74, 6) is 1.44. The summed E-state index contributed by atoms with van der Waals surface area (Å²) in [5, 5.41) is 3.35. The third-order valence-corrected chi connectivity index (χ3v) is 6.30. The Hall–Kier alpha value is -4.37. The van der Waals surface area contributed by atoms with Gasteiger partial charge in [0.1, 0.15) is 17.0 Å². The Labute approximate surface area is 202 Å². The SMILES string of the molecule is NC1CCN(c2ccc(-c3nc(Nc4cccc(-c5ccncc5)c4)nc4[nH]cnc34)cn2)CC1. The molecule has 0 spiro atoms. The van der Waals surface area contributed by atoms with Crippen molar-refractivity contribution < 1.29 is 0 Å². The van der Waals surface area contributed by atoms with Gasteiger partial charge in [-0.3, -0.25) is 4.98 Å². The van der Waals surface area contributed by atoms with Crippen LogP contribution in [0.4, 0.5) is 17.5 Å². The van der Waals surface area contributed by atoms with Crippen LogP contribution in [0, 0.1) is 0 Å². The maximum Gasteiger partial charge on any atom is 0.229 e. The van der Waals surface area contributed by atoms with Crippen molar-refractivity contribution in [2.24, 2.45) is 5.73 Å². The molecule has 4 aromatic heterocycles. The molecule has 6 rings (SSSR count). The van der Waals surface area contributed by atoms with E-state index in [1.165, 1.54) is 0 Å². The van der Waals surface area contributed by atoms with E-state index in [9.17, 15) is 0 Å². The smallest absolute Gasteiger partial charge is 0.229 e. The minimum atomic E-state index is 0.288. The van der Waals surface area contributed by atoms with Gasteiger partial charge < -0.3 is 20.9 Å². The predicted octanol–water partition coefficient (Wildman–Crippen LogP) is 4.15. The molecule has 5 aromatic rings. The van der Waals surface area contributed by atoms with Crippen LogP contribution >= 0.6 is 0 Å². The summed E-state index contributed by atoms with van der Waals surface area (Å²) in [6.45, 7) is 1.86. The van der Waals surface area contributed by atoms with E-state index in [2.05, 4.69) is 42.3 Å². The third kappa shape index (κ3) is 4.41. The average Bonchev–Trinajstić information content (AvgIpc) is 3.38. The van der Waals surface area contributed by atoms with Crippen molar-refractivity contribution in [3.63, 3.8) is 0 Å². The quantitative estimate of drug-likeness (QED) is 0.355. The Morgan fingerprint density at radius 3 is 2.57 bits per heavy atom. The minimum absolute atomic E-state index is 0.288. The lowest BCUT2D eigenvalue weighted by Gasteiger charge is -2.31. The summed E-state index contributed by atoms with van der Waals surface area (Å²) in [5.41, 5.74) is 12.1. The molecule has 0 amide bonds. The second-order valence-corrected chi connectivity index (χ2v) is 8.67. The van der Waals surface area contributed by atoms with Crippen molar-refractivity contribution in [3.8, 4) is 22.4 Å². The monoisotopic (exact) mass is 463 g/mol. The number of benzene rings is 1. The first kappa shape index (κ1) is 21.2. The lowest BCUT2D eigenvalue weighted by molar-refractivity contribution is 0.498. The zero-order chi connectivity index (χ0) is 23.6. The summed E-state index contributed by atoms with van der Waals surface area (Å²) in [7, 11) is 0. The van der Waals surface area contributed by atoms with Gasteiger partial charge in [-0.1, -0.05) is 12.1 Å². The molecule has 1 saturated heterocycles. The lowest BCUT2D eigenvalue weighted by atomic mass is 10.1. The van der Waals surface area contributed by atoms with Crippen molar-refractivity contribution >= 4 is 28.6 Å². The Morgan fingerprint density at radius 1 is 0.914 bits per heavy atom. The molecule has 0 atom stereocenters. The number of nitrogens with two attached hydrogens (primary N) is 1. The molecule has 0 unspecified atom stereocenters. The van der Waals surface area contributed by atoms with Crippen molar-refractivity contribution in [2.45, 2.75) is 18.9 Å². The fraction of sp³-hybridized carbons (Fsp3) is 0.192. The molecule has 0 aliphatic carbocycles. The van der Waals surface area contributed by atoms with Crippen molar-refractivity contribution in [1.82, 2.24) is 29.9 Å². The summed E-state index contributed by atoms with van der Waals surface area (Å²) in [4.78, 5) is 28.1. The molecule has 5 heterocycles. The highest BCUT2D eigenvalue weighted by Gasteiger charge is 2.18. The normalized spacial score (nSPS) is 14.4. The van der Waals surface area contributed by atoms with E-state index in [1.807, 2.05) is 42.6 Å². The number of H-pyrrole nitrogens is 1. The number of fused-ring (bicyclic) bond motifs is 1. The molecular weight excluding hydrogens is 438 g/mol. The topological polar surface area (TPSA) is 122 Å². The summed E-state index contributed by atoms with van der Waals surface area (Å²) < 4.78 is 0. The number of rotatable bonds is 5. The van der Waals surface area contributed by atoms with Gasteiger partial charge in [0.15, 0.2) is 5.65 Å². The highest BCUT2D eigenvalue weighted by molar-refractivity contribution is 5.88. The fourth-order valence-corrected chi connectivity index (χ4v) is 4.38. The van der Waals surface area contributed by atoms with E-state index >= 15 is 0 Å². The van der Waals surface area contributed by atoms with Gasteiger partial charge in [-0.25, -0.2) is 15.0 Å². The van der Waals surface area contributed by atoms with Crippen LogP contribution in [0.2, 0.25) is 0 Å². The van der Waals surface area contributed by atoms with Gasteiger partial charge in [0.25, 0.3) is 0 Å². The van der Waals surface area contributed by atoms with Gasteiger partial charge in [0.05, 0.1) is 6.33 Å². The number of imidazole rings is 1.